The van der Waals surface area contributed by atoms with Gasteiger partial charge in [0.05, 0.1) is 0 Å². The second-order valence-electron chi connectivity index (χ2n) is 5.08. The van der Waals surface area contributed by atoms with Crippen molar-refractivity contribution in [2.24, 2.45) is 0 Å². The van der Waals surface area contributed by atoms with Gasteiger partial charge in [-0.3, -0.25) is 4.79 Å². The highest BCUT2D eigenvalue weighted by Crippen LogP contribution is 2.14. The summed E-state index contributed by atoms with van der Waals surface area (Å²) in [5.41, 5.74) is 0.211. The first-order valence-corrected chi connectivity index (χ1v) is 6.75. The molecule has 2 heterocycles. The Kier molecular flexibility index (Phi) is 4.68. The van der Waals surface area contributed by atoms with Crippen LogP contribution in [0.5, 0.6) is 0 Å². The van der Waals surface area contributed by atoms with Gasteiger partial charge in [-0.1, -0.05) is 6.42 Å². The maximum Gasteiger partial charge on any atom is 0.354 e. The number of pyridine rings is 1. The van der Waals surface area contributed by atoms with Crippen LogP contribution < -0.4 is 5.32 Å². The number of nitrogens with one attached hydrogen (secondary N) is 1. The minimum absolute atomic E-state index is 0.118. The normalized spacial score (nSPS) is 19.6. The number of rotatable bonds is 4. The Balaban J connectivity index is 1.94. The minimum atomic E-state index is -1.13. The summed E-state index contributed by atoms with van der Waals surface area (Å²) < 4.78 is 0. The predicted octanol–water partition coefficient (Wildman–Crippen LogP) is 0.994. The number of carbonyl (C=O) groups is 2. The van der Waals surface area contributed by atoms with E-state index in [1.54, 1.807) is 0 Å². The predicted molar refractivity (Wildman–Crippen MR) is 73.8 cm³/mol. The first kappa shape index (κ1) is 14.5. The molecular weight excluding hydrogens is 258 g/mol. The number of nitrogens with zero attached hydrogens (tertiary/aromatic N) is 2. The summed E-state index contributed by atoms with van der Waals surface area (Å²) in [6.07, 6.45) is 4.80. The van der Waals surface area contributed by atoms with E-state index >= 15 is 0 Å². The molecule has 0 bridgehead atoms. The molecule has 1 unspecified atom stereocenters. The zero-order valence-corrected chi connectivity index (χ0v) is 11.5. The largest absolute Gasteiger partial charge is 0.477 e. The van der Waals surface area contributed by atoms with Gasteiger partial charge in [0.25, 0.3) is 5.91 Å². The Morgan fingerprint density at radius 1 is 1.50 bits per heavy atom. The fraction of sp³-hybridized carbons (Fsp3) is 0.500. The maximum absolute atomic E-state index is 12.0. The van der Waals surface area contributed by atoms with Gasteiger partial charge in [0.1, 0.15) is 5.69 Å². The number of hydrogen-bond donors (Lipinski definition) is 2. The monoisotopic (exact) mass is 277 g/mol. The van der Waals surface area contributed by atoms with Crippen molar-refractivity contribution in [3.8, 4) is 0 Å². The van der Waals surface area contributed by atoms with E-state index in [-0.39, 0.29) is 11.6 Å². The van der Waals surface area contributed by atoms with Crippen LogP contribution in [0.25, 0.3) is 0 Å². The van der Waals surface area contributed by atoms with Crippen molar-refractivity contribution in [2.45, 2.75) is 25.3 Å². The number of likely N-dealkylation sites (tertiary alicyclic amines) is 1. The van der Waals surface area contributed by atoms with Crippen molar-refractivity contribution in [3.05, 3.63) is 29.6 Å². The van der Waals surface area contributed by atoms with Gasteiger partial charge >= 0.3 is 5.97 Å². The summed E-state index contributed by atoms with van der Waals surface area (Å²) in [6.45, 7) is 1.64. The second kappa shape index (κ2) is 6.47. The molecule has 1 fully saturated rings. The van der Waals surface area contributed by atoms with Crippen LogP contribution in [-0.4, -0.2) is 53.0 Å². The van der Waals surface area contributed by atoms with Crippen molar-refractivity contribution >= 4 is 11.9 Å². The van der Waals surface area contributed by atoms with Crippen LogP contribution in [-0.2, 0) is 0 Å². The molecule has 1 aromatic rings. The smallest absolute Gasteiger partial charge is 0.354 e. The van der Waals surface area contributed by atoms with Gasteiger partial charge in [-0.2, -0.15) is 0 Å². The van der Waals surface area contributed by atoms with Gasteiger partial charge in [0, 0.05) is 24.3 Å². The van der Waals surface area contributed by atoms with Gasteiger partial charge in [-0.05, 0) is 38.6 Å². The Morgan fingerprint density at radius 3 is 3.00 bits per heavy atom. The lowest BCUT2D eigenvalue weighted by atomic mass is 10.0. The Morgan fingerprint density at radius 2 is 2.30 bits per heavy atom. The molecule has 1 atom stereocenters. The summed E-state index contributed by atoms with van der Waals surface area (Å²) in [6, 6.07) is 3.17. The Bertz CT molecular complexity index is 504. The van der Waals surface area contributed by atoms with Gasteiger partial charge in [0.15, 0.2) is 0 Å². The van der Waals surface area contributed by atoms with Crippen molar-refractivity contribution in [1.82, 2.24) is 15.2 Å². The van der Waals surface area contributed by atoms with Crippen LogP contribution in [0.1, 0.15) is 40.1 Å². The molecule has 1 amide bonds. The zero-order valence-electron chi connectivity index (χ0n) is 11.5. The van der Waals surface area contributed by atoms with E-state index in [1.165, 1.54) is 31.2 Å². The fourth-order valence-electron chi connectivity index (χ4n) is 2.40. The molecule has 1 saturated heterocycles. The van der Waals surface area contributed by atoms with Gasteiger partial charge in [-0.25, -0.2) is 9.78 Å². The summed E-state index contributed by atoms with van der Waals surface area (Å²) in [5.74, 6) is -1.39. The molecule has 0 aromatic carbocycles. The van der Waals surface area contributed by atoms with Crippen molar-refractivity contribution < 1.29 is 14.7 Å². The van der Waals surface area contributed by atoms with E-state index in [2.05, 4.69) is 22.2 Å². The number of aromatic carboxylic acids is 1. The lowest BCUT2D eigenvalue weighted by Crippen LogP contribution is -2.44. The number of carbonyl (C=O) groups excluding carboxylic acids is 1. The molecule has 2 rings (SSSR count). The van der Waals surface area contributed by atoms with Crippen LogP contribution in [0.4, 0.5) is 0 Å². The quantitative estimate of drug-likeness (QED) is 0.857. The summed E-state index contributed by atoms with van der Waals surface area (Å²) >= 11 is 0. The minimum Gasteiger partial charge on any atom is -0.477 e. The van der Waals surface area contributed by atoms with Gasteiger partial charge in [0.2, 0.25) is 0 Å². The summed E-state index contributed by atoms with van der Waals surface area (Å²) in [4.78, 5) is 28.8. The van der Waals surface area contributed by atoms with Crippen molar-refractivity contribution in [2.75, 3.05) is 20.1 Å². The van der Waals surface area contributed by atoms with Crippen molar-refractivity contribution in [1.29, 1.82) is 0 Å². The van der Waals surface area contributed by atoms with Crippen LogP contribution >= 0.6 is 0 Å². The number of carboxylic acid groups (broad SMARTS) is 1. The second-order valence-corrected chi connectivity index (χ2v) is 5.08. The Labute approximate surface area is 117 Å². The van der Waals surface area contributed by atoms with E-state index in [9.17, 15) is 9.59 Å². The zero-order chi connectivity index (χ0) is 14.5. The molecule has 0 spiro atoms. The van der Waals surface area contributed by atoms with Gasteiger partial charge < -0.3 is 15.3 Å². The molecule has 1 aliphatic rings. The topological polar surface area (TPSA) is 82.5 Å². The molecule has 0 aliphatic carbocycles. The summed E-state index contributed by atoms with van der Waals surface area (Å²) in [7, 11) is 2.06. The molecule has 20 heavy (non-hydrogen) atoms. The number of likely N-dealkylation sites (N-methyl/N-ethyl adjacent to an activating group) is 1. The third kappa shape index (κ3) is 3.54. The highest BCUT2D eigenvalue weighted by Gasteiger charge is 2.19. The fourth-order valence-corrected chi connectivity index (χ4v) is 2.40. The average molecular weight is 277 g/mol. The molecule has 2 N–H and O–H groups in total. The molecule has 0 saturated carbocycles. The first-order valence-electron chi connectivity index (χ1n) is 6.75. The van der Waals surface area contributed by atoms with E-state index in [0.717, 1.165) is 13.0 Å². The SMILES string of the molecule is CN1CCCCC1CNC(=O)c1ccnc(C(=O)O)c1. The molecule has 108 valence electrons. The molecule has 1 aromatic heterocycles. The van der Waals surface area contributed by atoms with Crippen LogP contribution in [0, 0.1) is 0 Å². The van der Waals surface area contributed by atoms with Crippen LogP contribution in [0.3, 0.4) is 0 Å². The third-order valence-electron chi connectivity index (χ3n) is 3.66. The lowest BCUT2D eigenvalue weighted by Gasteiger charge is -2.32. The van der Waals surface area contributed by atoms with Crippen LogP contribution in [0.2, 0.25) is 0 Å². The summed E-state index contributed by atoms with van der Waals surface area (Å²) in [5, 5.41) is 11.7. The Hall–Kier alpha value is -1.95. The first-order chi connectivity index (χ1) is 9.58. The number of carboxylic acids is 1. The van der Waals surface area contributed by atoms with E-state index in [0.29, 0.717) is 18.2 Å². The highest BCUT2D eigenvalue weighted by molar-refractivity contribution is 5.96. The van der Waals surface area contributed by atoms with E-state index in [4.69, 9.17) is 5.11 Å². The third-order valence-corrected chi connectivity index (χ3v) is 3.66. The van der Waals surface area contributed by atoms with Crippen LogP contribution in [0.15, 0.2) is 18.3 Å². The number of piperidine rings is 1. The van der Waals surface area contributed by atoms with E-state index in [1.807, 2.05) is 0 Å². The van der Waals surface area contributed by atoms with Gasteiger partial charge in [-0.15, -0.1) is 0 Å². The van der Waals surface area contributed by atoms with Crippen molar-refractivity contribution in [3.63, 3.8) is 0 Å². The number of aromatic nitrogens is 1. The molecule has 6 nitrogen and oxygen atoms in total. The van der Waals surface area contributed by atoms with E-state index < -0.39 is 5.97 Å². The standard InChI is InChI=1S/C14H19N3O3/c1-17-7-3-2-4-11(17)9-16-13(18)10-5-6-15-12(8-10)14(19)20/h5-6,8,11H,2-4,7,9H2,1H3,(H,16,18)(H,19,20). The number of amides is 1. The molecular formula is C14H19N3O3. The molecule has 0 radical (unpaired) electrons. The number of hydrogen-bond acceptors (Lipinski definition) is 4. The molecule has 1 aliphatic heterocycles. The average Bonchev–Trinajstić information content (AvgIpc) is 2.46. The highest BCUT2D eigenvalue weighted by atomic mass is 16.4. The molecule has 6 heteroatoms. The maximum atomic E-state index is 12.0. The lowest BCUT2D eigenvalue weighted by molar-refractivity contribution is 0.0690.